The summed E-state index contributed by atoms with van der Waals surface area (Å²) >= 11 is 1.86. The van der Waals surface area contributed by atoms with Gasteiger partial charge in [0.05, 0.1) is 19.1 Å². The zero-order valence-electron chi connectivity index (χ0n) is 12.0. The van der Waals surface area contributed by atoms with Crippen LogP contribution in [0.4, 0.5) is 0 Å². The van der Waals surface area contributed by atoms with Crippen molar-refractivity contribution in [3.8, 4) is 0 Å². The van der Waals surface area contributed by atoms with E-state index in [1.54, 1.807) is 6.92 Å². The SMILES string of the molecule is CCOC(=O)CC(O)CNCC(CC)(CC)SC. The lowest BCUT2D eigenvalue weighted by Crippen LogP contribution is -2.40. The molecule has 2 N–H and O–H groups in total. The molecule has 0 aromatic rings. The summed E-state index contributed by atoms with van der Waals surface area (Å²) in [4.78, 5) is 11.2. The van der Waals surface area contributed by atoms with Crippen LogP contribution in [0.1, 0.15) is 40.0 Å². The number of ether oxygens (including phenoxy) is 1. The number of aliphatic hydroxyl groups excluding tert-OH is 1. The summed E-state index contributed by atoms with van der Waals surface area (Å²) in [6, 6.07) is 0. The lowest BCUT2D eigenvalue weighted by Gasteiger charge is -2.30. The Morgan fingerprint density at radius 3 is 2.44 bits per heavy atom. The molecular weight excluding hydrogens is 250 g/mol. The van der Waals surface area contributed by atoms with Crippen LogP contribution >= 0.6 is 11.8 Å². The summed E-state index contributed by atoms with van der Waals surface area (Å²) in [6.45, 7) is 7.76. The Morgan fingerprint density at radius 1 is 1.39 bits per heavy atom. The fourth-order valence-corrected chi connectivity index (χ4v) is 2.64. The number of carbonyl (C=O) groups excluding carboxylic acids is 1. The van der Waals surface area contributed by atoms with Gasteiger partial charge >= 0.3 is 5.97 Å². The summed E-state index contributed by atoms with van der Waals surface area (Å²) < 4.78 is 5.02. The third-order valence-electron chi connectivity index (χ3n) is 3.26. The molecule has 1 atom stereocenters. The molecule has 18 heavy (non-hydrogen) atoms. The third kappa shape index (κ3) is 6.61. The first-order valence-electron chi connectivity index (χ1n) is 6.63. The maximum atomic E-state index is 11.2. The van der Waals surface area contributed by atoms with Crippen LogP contribution in [0.15, 0.2) is 0 Å². The van der Waals surface area contributed by atoms with Crippen molar-refractivity contribution in [1.29, 1.82) is 0 Å². The molecule has 0 spiro atoms. The largest absolute Gasteiger partial charge is 0.466 e. The average Bonchev–Trinajstić information content (AvgIpc) is 2.35. The van der Waals surface area contributed by atoms with Gasteiger partial charge in [0.15, 0.2) is 0 Å². The standard InChI is InChI=1S/C13H27NO3S/c1-5-13(6-2,18-4)10-14-9-11(15)8-12(16)17-7-3/h11,14-15H,5-10H2,1-4H3. The first kappa shape index (κ1) is 17.7. The number of thioether (sulfide) groups is 1. The predicted octanol–water partition coefficient (Wildman–Crippen LogP) is 1.81. The lowest BCUT2D eigenvalue weighted by atomic mass is 10.0. The Labute approximate surface area is 115 Å². The number of aliphatic hydroxyl groups is 1. The first-order chi connectivity index (χ1) is 8.53. The highest BCUT2D eigenvalue weighted by Crippen LogP contribution is 2.29. The van der Waals surface area contributed by atoms with E-state index in [9.17, 15) is 9.90 Å². The second-order valence-corrected chi connectivity index (χ2v) is 5.66. The quantitative estimate of drug-likeness (QED) is 0.596. The highest BCUT2D eigenvalue weighted by molar-refractivity contribution is 8.00. The Hall–Kier alpha value is -0.260. The Balaban J connectivity index is 3.92. The van der Waals surface area contributed by atoms with Gasteiger partial charge in [-0.05, 0) is 26.0 Å². The van der Waals surface area contributed by atoms with Gasteiger partial charge in [-0.1, -0.05) is 13.8 Å². The molecule has 0 bridgehead atoms. The zero-order valence-corrected chi connectivity index (χ0v) is 12.8. The van der Waals surface area contributed by atoms with Crippen LogP contribution < -0.4 is 5.32 Å². The molecular formula is C13H27NO3S. The van der Waals surface area contributed by atoms with Gasteiger partial charge in [-0.2, -0.15) is 11.8 Å². The van der Waals surface area contributed by atoms with Crippen molar-refractivity contribution < 1.29 is 14.6 Å². The summed E-state index contributed by atoms with van der Waals surface area (Å²) in [5.41, 5.74) is 0. The monoisotopic (exact) mass is 277 g/mol. The lowest BCUT2D eigenvalue weighted by molar-refractivity contribution is -0.145. The van der Waals surface area contributed by atoms with Crippen molar-refractivity contribution in [1.82, 2.24) is 5.32 Å². The molecule has 0 saturated heterocycles. The van der Waals surface area contributed by atoms with Gasteiger partial charge in [-0.25, -0.2) is 0 Å². The van der Waals surface area contributed by atoms with E-state index in [4.69, 9.17) is 4.74 Å². The zero-order chi connectivity index (χ0) is 14.0. The Kier molecular flexibility index (Phi) is 9.50. The Bertz CT molecular complexity index is 224. The van der Waals surface area contributed by atoms with E-state index in [1.165, 1.54) is 0 Å². The summed E-state index contributed by atoms with van der Waals surface area (Å²) in [6.07, 6.45) is 3.68. The van der Waals surface area contributed by atoms with Crippen molar-refractivity contribution in [2.45, 2.75) is 50.9 Å². The second-order valence-electron chi connectivity index (χ2n) is 4.39. The van der Waals surface area contributed by atoms with Crippen molar-refractivity contribution in [3.63, 3.8) is 0 Å². The molecule has 0 aliphatic rings. The van der Waals surface area contributed by atoms with Gasteiger partial charge in [-0.3, -0.25) is 4.79 Å². The molecule has 4 nitrogen and oxygen atoms in total. The number of esters is 1. The number of hydrogen-bond acceptors (Lipinski definition) is 5. The molecule has 0 aromatic carbocycles. The minimum Gasteiger partial charge on any atom is -0.466 e. The molecule has 0 fully saturated rings. The highest BCUT2D eigenvalue weighted by Gasteiger charge is 2.24. The van der Waals surface area contributed by atoms with Crippen molar-refractivity contribution in [2.75, 3.05) is 26.0 Å². The summed E-state index contributed by atoms with van der Waals surface area (Å²) in [5, 5.41) is 12.9. The minimum atomic E-state index is -0.669. The van der Waals surface area contributed by atoms with Crippen LogP contribution in [0, 0.1) is 0 Å². The maximum Gasteiger partial charge on any atom is 0.308 e. The molecule has 0 radical (unpaired) electrons. The van der Waals surface area contributed by atoms with Crippen LogP contribution in [0.3, 0.4) is 0 Å². The normalized spacial score (nSPS) is 13.4. The first-order valence-corrected chi connectivity index (χ1v) is 7.85. The summed E-state index contributed by atoms with van der Waals surface area (Å²) in [7, 11) is 0. The molecule has 0 saturated carbocycles. The molecule has 5 heteroatoms. The topological polar surface area (TPSA) is 58.6 Å². The van der Waals surface area contributed by atoms with Gasteiger partial charge in [0.2, 0.25) is 0 Å². The third-order valence-corrected chi connectivity index (χ3v) is 4.84. The number of carbonyl (C=O) groups is 1. The van der Waals surface area contributed by atoms with Crippen molar-refractivity contribution in [3.05, 3.63) is 0 Å². The molecule has 0 heterocycles. The molecule has 1 unspecified atom stereocenters. The molecule has 0 amide bonds. The van der Waals surface area contributed by atoms with Crippen LogP contribution in [0.5, 0.6) is 0 Å². The second kappa shape index (κ2) is 9.64. The van der Waals surface area contributed by atoms with Crippen LogP contribution in [0.25, 0.3) is 0 Å². The molecule has 0 aromatic heterocycles. The van der Waals surface area contributed by atoms with Crippen molar-refractivity contribution in [2.24, 2.45) is 0 Å². The van der Waals surface area contributed by atoms with Gasteiger partial charge in [0, 0.05) is 17.8 Å². The molecule has 0 rings (SSSR count). The minimum absolute atomic E-state index is 0.0609. The molecule has 0 aliphatic carbocycles. The maximum absolute atomic E-state index is 11.2. The fourth-order valence-electron chi connectivity index (χ4n) is 1.81. The highest BCUT2D eigenvalue weighted by atomic mass is 32.2. The van der Waals surface area contributed by atoms with E-state index in [1.807, 2.05) is 11.8 Å². The van der Waals surface area contributed by atoms with E-state index in [-0.39, 0.29) is 17.1 Å². The predicted molar refractivity (Wildman–Crippen MR) is 77.0 cm³/mol. The Morgan fingerprint density at radius 2 is 2.00 bits per heavy atom. The molecule has 0 aliphatic heterocycles. The van der Waals surface area contributed by atoms with Gasteiger partial charge in [0.25, 0.3) is 0 Å². The fraction of sp³-hybridized carbons (Fsp3) is 0.923. The van der Waals surface area contributed by atoms with Crippen LogP contribution in [-0.2, 0) is 9.53 Å². The van der Waals surface area contributed by atoms with Crippen molar-refractivity contribution >= 4 is 17.7 Å². The van der Waals surface area contributed by atoms with E-state index in [0.717, 1.165) is 19.4 Å². The summed E-state index contributed by atoms with van der Waals surface area (Å²) in [5.74, 6) is -0.339. The van der Waals surface area contributed by atoms with Gasteiger partial charge < -0.3 is 15.2 Å². The van der Waals surface area contributed by atoms with Gasteiger partial charge in [-0.15, -0.1) is 0 Å². The number of hydrogen-bond donors (Lipinski definition) is 2. The average molecular weight is 277 g/mol. The van der Waals surface area contributed by atoms with E-state index >= 15 is 0 Å². The number of nitrogens with one attached hydrogen (secondary N) is 1. The van der Waals surface area contributed by atoms with E-state index in [2.05, 4.69) is 25.4 Å². The molecule has 108 valence electrons. The number of rotatable bonds is 10. The van der Waals surface area contributed by atoms with E-state index < -0.39 is 6.10 Å². The van der Waals surface area contributed by atoms with Crippen LogP contribution in [0.2, 0.25) is 0 Å². The smallest absolute Gasteiger partial charge is 0.308 e. The van der Waals surface area contributed by atoms with Gasteiger partial charge in [0.1, 0.15) is 0 Å². The van der Waals surface area contributed by atoms with Crippen LogP contribution in [-0.4, -0.2) is 47.9 Å². The van der Waals surface area contributed by atoms with E-state index in [0.29, 0.717) is 13.2 Å².